The summed E-state index contributed by atoms with van der Waals surface area (Å²) in [7, 11) is 1.87. The third-order valence-electron chi connectivity index (χ3n) is 3.19. The van der Waals surface area contributed by atoms with Gasteiger partial charge in [0.2, 0.25) is 0 Å². The topological polar surface area (TPSA) is 55.9 Å². The van der Waals surface area contributed by atoms with Crippen LogP contribution in [0.25, 0.3) is 0 Å². The molecule has 2 rings (SSSR count). The van der Waals surface area contributed by atoms with Gasteiger partial charge in [0.15, 0.2) is 0 Å². The molecule has 1 atom stereocenters. The van der Waals surface area contributed by atoms with Gasteiger partial charge in [0, 0.05) is 23.0 Å². The minimum atomic E-state index is -0.115. The maximum Gasteiger partial charge on any atom is 0.0847 e. The van der Waals surface area contributed by atoms with Crippen molar-refractivity contribution in [1.29, 1.82) is 0 Å². The van der Waals surface area contributed by atoms with E-state index in [1.807, 2.05) is 32.2 Å². The zero-order valence-corrected chi connectivity index (χ0v) is 14.2. The van der Waals surface area contributed by atoms with E-state index in [-0.39, 0.29) is 6.04 Å². The molecule has 0 radical (unpaired) electrons. The second kappa shape index (κ2) is 6.45. The molecule has 0 saturated carbocycles. The molecule has 1 unspecified atom stereocenters. The number of nitrogens with two attached hydrogens (primary N) is 1. The van der Waals surface area contributed by atoms with Crippen molar-refractivity contribution in [3.63, 3.8) is 0 Å². The molecule has 0 bridgehead atoms. The van der Waals surface area contributed by atoms with Crippen molar-refractivity contribution in [3.05, 3.63) is 49.7 Å². The van der Waals surface area contributed by atoms with Crippen LogP contribution in [0.2, 0.25) is 10.0 Å². The molecule has 0 aliphatic carbocycles. The highest BCUT2D eigenvalue weighted by atomic mass is 79.9. The van der Waals surface area contributed by atoms with Crippen molar-refractivity contribution in [2.24, 2.45) is 12.9 Å². The maximum atomic E-state index is 6.28. The molecule has 0 aliphatic heterocycles. The molecule has 0 saturated heterocycles. The average molecular weight is 378 g/mol. The van der Waals surface area contributed by atoms with Gasteiger partial charge in [-0.05, 0) is 30.7 Å². The number of aryl methyl sites for hydroxylation is 2. The van der Waals surface area contributed by atoms with Crippen LogP contribution in [0.3, 0.4) is 0 Å². The number of hydrogen-bond acceptors (Lipinski definition) is 3. The van der Waals surface area contributed by atoms with Crippen LogP contribution in [-0.4, -0.2) is 9.78 Å². The zero-order chi connectivity index (χ0) is 14.9. The molecule has 2 aromatic rings. The van der Waals surface area contributed by atoms with Crippen LogP contribution in [0.1, 0.15) is 23.0 Å². The van der Waals surface area contributed by atoms with E-state index < -0.39 is 0 Å². The molecule has 1 heterocycles. The fraction of sp³-hybridized carbons (Fsp3) is 0.308. The van der Waals surface area contributed by atoms with Gasteiger partial charge in [0.1, 0.15) is 0 Å². The molecular formula is C13H15BrCl2N4. The summed E-state index contributed by atoms with van der Waals surface area (Å²) in [6, 6.07) is 5.49. The van der Waals surface area contributed by atoms with Crippen LogP contribution in [0.4, 0.5) is 0 Å². The monoisotopic (exact) mass is 376 g/mol. The number of hydrogen-bond donors (Lipinski definition) is 2. The fourth-order valence-corrected chi connectivity index (χ4v) is 3.08. The second-order valence-electron chi connectivity index (χ2n) is 4.56. The van der Waals surface area contributed by atoms with Gasteiger partial charge in [-0.1, -0.05) is 39.1 Å². The Hall–Kier alpha value is -0.590. The van der Waals surface area contributed by atoms with Crippen LogP contribution in [0, 0.1) is 6.92 Å². The van der Waals surface area contributed by atoms with E-state index in [1.54, 1.807) is 4.68 Å². The molecule has 20 heavy (non-hydrogen) atoms. The number of aromatic nitrogens is 2. The molecule has 1 aromatic carbocycles. The van der Waals surface area contributed by atoms with Crippen molar-refractivity contribution < 1.29 is 0 Å². The number of rotatable bonds is 4. The van der Waals surface area contributed by atoms with Gasteiger partial charge in [-0.15, -0.1) is 0 Å². The molecule has 108 valence electrons. The highest BCUT2D eigenvalue weighted by Crippen LogP contribution is 2.30. The summed E-state index contributed by atoms with van der Waals surface area (Å²) in [4.78, 5) is 0. The van der Waals surface area contributed by atoms with Crippen LogP contribution >= 0.6 is 39.1 Å². The van der Waals surface area contributed by atoms with Gasteiger partial charge in [-0.3, -0.25) is 16.0 Å². The number of hydrazine groups is 1. The SMILES string of the molecule is Cc1nn(C)c(CC(NN)c2cc(Cl)ccc2Br)c1Cl. The lowest BCUT2D eigenvalue weighted by molar-refractivity contribution is 0.528. The summed E-state index contributed by atoms with van der Waals surface area (Å²) in [5, 5.41) is 5.64. The Labute approximate surface area is 136 Å². The molecule has 3 N–H and O–H groups in total. The Morgan fingerprint density at radius 3 is 2.70 bits per heavy atom. The smallest absolute Gasteiger partial charge is 0.0847 e. The molecule has 4 nitrogen and oxygen atoms in total. The predicted molar refractivity (Wildman–Crippen MR) is 85.9 cm³/mol. The first kappa shape index (κ1) is 15.8. The second-order valence-corrected chi connectivity index (χ2v) is 6.23. The summed E-state index contributed by atoms with van der Waals surface area (Å²) in [5.74, 6) is 5.69. The lowest BCUT2D eigenvalue weighted by Gasteiger charge is -2.18. The lowest BCUT2D eigenvalue weighted by atomic mass is 10.0. The number of nitrogens with zero attached hydrogens (tertiary/aromatic N) is 2. The Morgan fingerprint density at radius 1 is 1.45 bits per heavy atom. The molecular weight excluding hydrogens is 363 g/mol. The summed E-state index contributed by atoms with van der Waals surface area (Å²) < 4.78 is 2.72. The zero-order valence-electron chi connectivity index (χ0n) is 11.1. The standard InChI is InChI=1S/C13H15BrCl2N4/c1-7-13(16)12(20(2)19-7)6-11(18-17)9-5-8(15)3-4-10(9)14/h3-5,11,18H,6,17H2,1-2H3. The first-order valence-corrected chi connectivity index (χ1v) is 7.58. The van der Waals surface area contributed by atoms with Crippen molar-refractivity contribution in [1.82, 2.24) is 15.2 Å². The molecule has 0 spiro atoms. The quantitative estimate of drug-likeness (QED) is 0.632. The first-order chi connectivity index (χ1) is 9.43. The maximum absolute atomic E-state index is 6.28. The van der Waals surface area contributed by atoms with E-state index in [0.717, 1.165) is 21.4 Å². The summed E-state index contributed by atoms with van der Waals surface area (Å²) in [6.07, 6.45) is 0.617. The lowest BCUT2D eigenvalue weighted by Crippen LogP contribution is -2.30. The highest BCUT2D eigenvalue weighted by Gasteiger charge is 2.19. The summed E-state index contributed by atoms with van der Waals surface area (Å²) >= 11 is 15.9. The largest absolute Gasteiger partial charge is 0.271 e. The van der Waals surface area contributed by atoms with Gasteiger partial charge in [0.25, 0.3) is 0 Å². The molecule has 1 aromatic heterocycles. The first-order valence-electron chi connectivity index (χ1n) is 6.03. The van der Waals surface area contributed by atoms with E-state index in [0.29, 0.717) is 16.5 Å². The summed E-state index contributed by atoms with van der Waals surface area (Å²) in [5.41, 5.74) is 5.53. The van der Waals surface area contributed by atoms with E-state index in [2.05, 4.69) is 26.5 Å². The Morgan fingerprint density at radius 2 is 2.15 bits per heavy atom. The molecule has 0 amide bonds. The third-order valence-corrected chi connectivity index (χ3v) is 4.64. The fourth-order valence-electron chi connectivity index (χ4n) is 2.14. The highest BCUT2D eigenvalue weighted by molar-refractivity contribution is 9.10. The van der Waals surface area contributed by atoms with Gasteiger partial charge >= 0.3 is 0 Å². The number of nitrogens with one attached hydrogen (secondary N) is 1. The van der Waals surface area contributed by atoms with E-state index in [9.17, 15) is 0 Å². The normalized spacial score (nSPS) is 12.7. The van der Waals surface area contributed by atoms with Crippen molar-refractivity contribution >= 4 is 39.1 Å². The van der Waals surface area contributed by atoms with Crippen LogP contribution in [0.15, 0.2) is 22.7 Å². The number of halogens is 3. The van der Waals surface area contributed by atoms with Crippen molar-refractivity contribution in [2.75, 3.05) is 0 Å². The molecule has 0 fully saturated rings. The molecule has 7 heteroatoms. The van der Waals surface area contributed by atoms with Gasteiger partial charge in [-0.25, -0.2) is 0 Å². The number of benzene rings is 1. The van der Waals surface area contributed by atoms with E-state index in [1.165, 1.54) is 0 Å². The third kappa shape index (κ3) is 3.18. The Balaban J connectivity index is 2.36. The van der Waals surface area contributed by atoms with Gasteiger partial charge < -0.3 is 0 Å². The van der Waals surface area contributed by atoms with Gasteiger partial charge in [-0.2, -0.15) is 5.10 Å². The van der Waals surface area contributed by atoms with E-state index in [4.69, 9.17) is 29.0 Å². The Kier molecular flexibility index (Phi) is 5.09. The predicted octanol–water partition coefficient (Wildman–Crippen LogP) is 3.54. The summed E-state index contributed by atoms with van der Waals surface area (Å²) in [6.45, 7) is 1.88. The minimum absolute atomic E-state index is 0.115. The van der Waals surface area contributed by atoms with Crippen molar-refractivity contribution in [3.8, 4) is 0 Å². The van der Waals surface area contributed by atoms with E-state index >= 15 is 0 Å². The van der Waals surface area contributed by atoms with Gasteiger partial charge in [0.05, 0.1) is 22.5 Å². The van der Waals surface area contributed by atoms with Crippen LogP contribution in [0.5, 0.6) is 0 Å². The van der Waals surface area contributed by atoms with Crippen LogP contribution < -0.4 is 11.3 Å². The van der Waals surface area contributed by atoms with Crippen LogP contribution in [-0.2, 0) is 13.5 Å². The van der Waals surface area contributed by atoms with Crippen molar-refractivity contribution in [2.45, 2.75) is 19.4 Å². The minimum Gasteiger partial charge on any atom is -0.271 e. The Bertz CT molecular complexity index is 627. The average Bonchev–Trinajstić information content (AvgIpc) is 2.65. The molecule has 0 aliphatic rings.